The second-order valence-corrected chi connectivity index (χ2v) is 5.37. The van der Waals surface area contributed by atoms with Gasteiger partial charge in [-0.2, -0.15) is 12.6 Å². The van der Waals surface area contributed by atoms with Gasteiger partial charge in [0.25, 0.3) is 5.91 Å². The van der Waals surface area contributed by atoms with Crippen molar-refractivity contribution in [2.45, 2.75) is 6.42 Å². The van der Waals surface area contributed by atoms with Crippen molar-refractivity contribution in [1.29, 1.82) is 0 Å². The minimum Gasteiger partial charge on any atom is -0.496 e. The number of amides is 1. The van der Waals surface area contributed by atoms with E-state index >= 15 is 0 Å². The highest BCUT2D eigenvalue weighted by atomic mass is 32.1. The van der Waals surface area contributed by atoms with E-state index in [9.17, 15) is 9.59 Å². The summed E-state index contributed by atoms with van der Waals surface area (Å²) in [5.41, 5.74) is 1.70. The summed E-state index contributed by atoms with van der Waals surface area (Å²) >= 11 is 3.99. The molecule has 2 aromatic rings. The number of rotatable bonds is 7. The topological polar surface area (TPSA) is 64.6 Å². The van der Waals surface area contributed by atoms with Crippen LogP contribution in [0.5, 0.6) is 11.5 Å². The van der Waals surface area contributed by atoms with Crippen LogP contribution in [0.25, 0.3) is 0 Å². The van der Waals surface area contributed by atoms with Crippen molar-refractivity contribution in [2.75, 3.05) is 25.3 Å². The van der Waals surface area contributed by atoms with E-state index in [4.69, 9.17) is 9.47 Å². The van der Waals surface area contributed by atoms with Crippen LogP contribution in [0.1, 0.15) is 15.9 Å². The van der Waals surface area contributed by atoms with Crippen LogP contribution in [0.2, 0.25) is 0 Å². The monoisotopic (exact) mass is 345 g/mol. The molecule has 6 heteroatoms. The largest absolute Gasteiger partial charge is 0.496 e. The van der Waals surface area contributed by atoms with Crippen molar-refractivity contribution in [2.24, 2.45) is 0 Å². The number of methoxy groups -OCH3 is 2. The molecule has 0 atom stereocenters. The Morgan fingerprint density at radius 2 is 1.71 bits per heavy atom. The zero-order valence-corrected chi connectivity index (χ0v) is 14.4. The maximum absolute atomic E-state index is 12.3. The number of hydrogen-bond acceptors (Lipinski definition) is 5. The zero-order valence-electron chi connectivity index (χ0n) is 13.5. The molecule has 0 aliphatic heterocycles. The first-order chi connectivity index (χ1) is 11.6. The minimum absolute atomic E-state index is 0.0280. The first-order valence-electron chi connectivity index (χ1n) is 7.33. The van der Waals surface area contributed by atoms with Crippen LogP contribution >= 0.6 is 12.6 Å². The van der Waals surface area contributed by atoms with E-state index in [1.165, 1.54) is 14.2 Å². The Balaban J connectivity index is 2.32. The molecular weight excluding hydrogens is 326 g/mol. The van der Waals surface area contributed by atoms with E-state index in [2.05, 4.69) is 17.9 Å². The Morgan fingerprint density at radius 1 is 1.04 bits per heavy atom. The summed E-state index contributed by atoms with van der Waals surface area (Å²) in [4.78, 5) is 24.0. The molecule has 0 heterocycles. The highest BCUT2D eigenvalue weighted by Crippen LogP contribution is 2.33. The van der Waals surface area contributed by atoms with Gasteiger partial charge in [-0.1, -0.05) is 18.2 Å². The van der Waals surface area contributed by atoms with Crippen molar-refractivity contribution in [3.63, 3.8) is 0 Å². The van der Waals surface area contributed by atoms with Crippen molar-refractivity contribution < 1.29 is 19.1 Å². The lowest BCUT2D eigenvalue weighted by molar-refractivity contribution is -0.116. The molecule has 0 aliphatic carbocycles. The number of nitrogens with one attached hydrogen (secondary N) is 1. The molecule has 0 spiro atoms. The number of ketones is 1. The fourth-order valence-electron chi connectivity index (χ4n) is 2.25. The van der Waals surface area contributed by atoms with Crippen LogP contribution in [0.4, 0.5) is 5.69 Å². The number of carbonyl (C=O) groups excluding carboxylic acids is 2. The highest BCUT2D eigenvalue weighted by molar-refractivity contribution is 7.81. The lowest BCUT2D eigenvalue weighted by Crippen LogP contribution is -2.13. The Bertz CT molecular complexity index is 731. The van der Waals surface area contributed by atoms with Crippen LogP contribution in [-0.4, -0.2) is 31.7 Å². The van der Waals surface area contributed by atoms with Crippen molar-refractivity contribution in [3.05, 3.63) is 53.6 Å². The Labute approximate surface area is 146 Å². The molecule has 0 aromatic heterocycles. The number of Topliss-reactive ketones (excluding diaryl/α,β-unsaturated/α-hetero) is 1. The van der Waals surface area contributed by atoms with Gasteiger partial charge in [-0.05, 0) is 18.2 Å². The van der Waals surface area contributed by atoms with Crippen LogP contribution in [0, 0.1) is 0 Å². The molecule has 0 radical (unpaired) electrons. The van der Waals surface area contributed by atoms with E-state index in [0.29, 0.717) is 28.3 Å². The van der Waals surface area contributed by atoms with Gasteiger partial charge in [0.05, 0.1) is 19.9 Å². The first-order valence-corrected chi connectivity index (χ1v) is 7.96. The molecule has 1 amide bonds. The van der Waals surface area contributed by atoms with Gasteiger partial charge in [0.1, 0.15) is 17.3 Å². The second kappa shape index (κ2) is 8.40. The third kappa shape index (κ3) is 4.29. The number of ether oxygens (including phenoxy) is 2. The molecule has 2 aromatic carbocycles. The quantitative estimate of drug-likeness (QED) is 0.757. The molecule has 0 aliphatic rings. The summed E-state index contributed by atoms with van der Waals surface area (Å²) in [6.45, 7) is 0. The molecule has 0 saturated heterocycles. The minimum atomic E-state index is -0.255. The lowest BCUT2D eigenvalue weighted by Gasteiger charge is -2.15. The number of hydrogen-bond donors (Lipinski definition) is 2. The fraction of sp³-hybridized carbons (Fsp3) is 0.222. The maximum atomic E-state index is 12.3. The van der Waals surface area contributed by atoms with Gasteiger partial charge in [0.15, 0.2) is 0 Å². The molecule has 0 saturated carbocycles. The fourth-order valence-corrected chi connectivity index (χ4v) is 2.36. The van der Waals surface area contributed by atoms with Crippen LogP contribution in [0.3, 0.4) is 0 Å². The number of thiol groups is 1. The predicted octanol–water partition coefficient (Wildman–Crippen LogP) is 3.00. The third-order valence-corrected chi connectivity index (χ3v) is 3.80. The average Bonchev–Trinajstić information content (AvgIpc) is 2.62. The molecule has 0 bridgehead atoms. The lowest BCUT2D eigenvalue weighted by atomic mass is 10.1. The predicted molar refractivity (Wildman–Crippen MR) is 96.5 cm³/mol. The number of anilines is 1. The maximum Gasteiger partial charge on any atom is 0.255 e. The standard InChI is InChI=1S/C18H19NO4S/c1-22-16-10-15(19-18(21)12-6-4-3-5-7-12)17(23-2)9-13(16)8-14(20)11-24/h3-7,9-10,24H,8,11H2,1-2H3,(H,19,21). The number of benzene rings is 2. The van der Waals surface area contributed by atoms with Gasteiger partial charge < -0.3 is 14.8 Å². The summed E-state index contributed by atoms with van der Waals surface area (Å²) < 4.78 is 10.7. The summed E-state index contributed by atoms with van der Waals surface area (Å²) in [7, 11) is 3.02. The van der Waals surface area contributed by atoms with Crippen molar-refractivity contribution >= 4 is 30.0 Å². The molecule has 0 fully saturated rings. The third-order valence-electron chi connectivity index (χ3n) is 3.45. The SMILES string of the molecule is COc1cc(NC(=O)c2ccccc2)c(OC)cc1CC(=O)CS. The normalized spacial score (nSPS) is 10.1. The van der Waals surface area contributed by atoms with E-state index < -0.39 is 0 Å². The summed E-state index contributed by atoms with van der Waals surface area (Å²) in [6, 6.07) is 12.2. The average molecular weight is 345 g/mol. The van der Waals surface area contributed by atoms with Gasteiger partial charge in [0, 0.05) is 29.4 Å². The van der Waals surface area contributed by atoms with E-state index in [1.54, 1.807) is 36.4 Å². The molecule has 5 nitrogen and oxygen atoms in total. The van der Waals surface area contributed by atoms with Gasteiger partial charge in [0.2, 0.25) is 0 Å². The van der Waals surface area contributed by atoms with Crippen LogP contribution in [-0.2, 0) is 11.2 Å². The Hall–Kier alpha value is -2.47. The summed E-state index contributed by atoms with van der Waals surface area (Å²) in [6.07, 6.45) is 0.190. The van der Waals surface area contributed by atoms with E-state index in [-0.39, 0.29) is 23.9 Å². The van der Waals surface area contributed by atoms with Crippen molar-refractivity contribution in [3.8, 4) is 11.5 Å². The molecule has 1 N–H and O–H groups in total. The molecule has 2 rings (SSSR count). The molecule has 0 unspecified atom stereocenters. The summed E-state index contributed by atoms with van der Waals surface area (Å²) in [5.74, 6) is 0.837. The number of carbonyl (C=O) groups is 2. The first kappa shape index (κ1) is 17.9. The molecule has 24 heavy (non-hydrogen) atoms. The van der Waals surface area contributed by atoms with Gasteiger partial charge >= 0.3 is 0 Å². The van der Waals surface area contributed by atoms with E-state index in [0.717, 1.165) is 0 Å². The molecule has 126 valence electrons. The Kier molecular flexibility index (Phi) is 6.26. The van der Waals surface area contributed by atoms with Gasteiger partial charge in [-0.3, -0.25) is 9.59 Å². The van der Waals surface area contributed by atoms with E-state index in [1.807, 2.05) is 6.07 Å². The smallest absolute Gasteiger partial charge is 0.255 e. The second-order valence-electron chi connectivity index (χ2n) is 5.06. The van der Waals surface area contributed by atoms with Crippen LogP contribution < -0.4 is 14.8 Å². The molecular formula is C18H19NO4S. The summed E-state index contributed by atoms with van der Waals surface area (Å²) in [5, 5.41) is 2.80. The van der Waals surface area contributed by atoms with Gasteiger partial charge in [-0.15, -0.1) is 0 Å². The van der Waals surface area contributed by atoms with Crippen molar-refractivity contribution in [1.82, 2.24) is 0 Å². The van der Waals surface area contributed by atoms with Gasteiger partial charge in [-0.25, -0.2) is 0 Å². The zero-order chi connectivity index (χ0) is 17.5. The van der Waals surface area contributed by atoms with Crippen LogP contribution in [0.15, 0.2) is 42.5 Å². The Morgan fingerprint density at radius 3 is 2.29 bits per heavy atom. The highest BCUT2D eigenvalue weighted by Gasteiger charge is 2.16.